The molecule has 0 bridgehead atoms. The molecule has 0 N–H and O–H groups in total. The molecule has 30 heavy (non-hydrogen) atoms. The van der Waals surface area contributed by atoms with Gasteiger partial charge in [-0.25, -0.2) is 8.78 Å². The molecule has 5 nitrogen and oxygen atoms in total. The summed E-state index contributed by atoms with van der Waals surface area (Å²) in [5.74, 6) is -0.641. The highest BCUT2D eigenvalue weighted by Gasteiger charge is 2.49. The van der Waals surface area contributed by atoms with E-state index in [4.69, 9.17) is 4.74 Å². The first-order chi connectivity index (χ1) is 14.4. The number of methoxy groups -OCH3 is 1. The number of carbonyl (C=O) groups is 2. The number of hydrogen-bond acceptors (Lipinski definition) is 3. The molecular formula is C23H24F2N2O3. The normalized spacial score (nSPS) is 22.9. The summed E-state index contributed by atoms with van der Waals surface area (Å²) in [4.78, 5) is 28.6. The molecule has 0 aliphatic carbocycles. The quantitative estimate of drug-likeness (QED) is 0.772. The van der Waals surface area contributed by atoms with Gasteiger partial charge in [-0.15, -0.1) is 0 Å². The second kappa shape index (κ2) is 8.05. The third-order valence-electron chi connectivity index (χ3n) is 6.18. The van der Waals surface area contributed by atoms with Crippen LogP contribution in [0.5, 0.6) is 5.75 Å². The number of nitrogens with zero attached hydrogens (tertiary/aromatic N) is 2. The lowest BCUT2D eigenvalue weighted by molar-refractivity contribution is -0.131. The van der Waals surface area contributed by atoms with Crippen molar-refractivity contribution >= 4 is 11.8 Å². The Hall–Kier alpha value is -2.96. The summed E-state index contributed by atoms with van der Waals surface area (Å²) in [6.45, 7) is 3.10. The van der Waals surface area contributed by atoms with Gasteiger partial charge in [-0.2, -0.15) is 0 Å². The number of carbonyl (C=O) groups excluding carboxylic acids is 2. The summed E-state index contributed by atoms with van der Waals surface area (Å²) in [6.07, 6.45) is 0.0986. The molecule has 2 aliphatic heterocycles. The fraction of sp³-hybridized carbons (Fsp3) is 0.391. The SMILES string of the molecule is COc1ccc(CC(=O)N2C[C@@H]3CN(C(C)=O)[C@@H](c4cccc(F)c4)[C@@H]3C2)cc1F. The summed E-state index contributed by atoms with van der Waals surface area (Å²) in [5, 5.41) is 0. The van der Waals surface area contributed by atoms with Gasteiger partial charge in [0.1, 0.15) is 5.82 Å². The Balaban J connectivity index is 1.50. The highest BCUT2D eigenvalue weighted by atomic mass is 19.1. The molecule has 2 fully saturated rings. The first-order valence-corrected chi connectivity index (χ1v) is 10.00. The van der Waals surface area contributed by atoms with Crippen LogP contribution in [0.4, 0.5) is 8.78 Å². The molecule has 0 saturated carbocycles. The Bertz CT molecular complexity index is 981. The van der Waals surface area contributed by atoms with Gasteiger partial charge in [0.15, 0.2) is 11.6 Å². The number of hydrogen-bond donors (Lipinski definition) is 0. The molecule has 2 amide bonds. The molecule has 158 valence electrons. The van der Waals surface area contributed by atoms with Crippen LogP contribution in [0.25, 0.3) is 0 Å². The second-order valence-corrected chi connectivity index (χ2v) is 8.04. The predicted octanol–water partition coefficient (Wildman–Crippen LogP) is 3.19. The minimum Gasteiger partial charge on any atom is -0.494 e. The molecule has 0 aromatic heterocycles. The molecule has 0 radical (unpaired) electrons. The molecule has 0 unspecified atom stereocenters. The fourth-order valence-corrected chi connectivity index (χ4v) is 4.80. The Morgan fingerprint density at radius 1 is 1.10 bits per heavy atom. The topological polar surface area (TPSA) is 49.9 Å². The van der Waals surface area contributed by atoms with Crippen LogP contribution < -0.4 is 4.74 Å². The summed E-state index contributed by atoms with van der Waals surface area (Å²) < 4.78 is 32.7. The average molecular weight is 414 g/mol. The van der Waals surface area contributed by atoms with Crippen molar-refractivity contribution in [2.24, 2.45) is 11.8 Å². The largest absolute Gasteiger partial charge is 0.494 e. The van der Waals surface area contributed by atoms with Crippen molar-refractivity contribution in [3.63, 3.8) is 0 Å². The third-order valence-corrected chi connectivity index (χ3v) is 6.18. The number of rotatable bonds is 4. The van der Waals surface area contributed by atoms with Crippen LogP contribution >= 0.6 is 0 Å². The second-order valence-electron chi connectivity index (χ2n) is 8.04. The third kappa shape index (κ3) is 3.76. The van der Waals surface area contributed by atoms with E-state index in [0.29, 0.717) is 25.2 Å². The number of halogens is 2. The van der Waals surface area contributed by atoms with Crippen LogP contribution in [0.2, 0.25) is 0 Å². The van der Waals surface area contributed by atoms with Crippen LogP contribution in [0.15, 0.2) is 42.5 Å². The van der Waals surface area contributed by atoms with Crippen molar-refractivity contribution in [3.05, 3.63) is 65.2 Å². The standard InChI is InChI=1S/C23H24F2N2O3/c1-14(28)27-12-17-11-26(13-19(17)23(27)16-4-3-5-18(24)10-16)22(29)9-15-6-7-21(30-2)20(25)8-15/h3-8,10,17,19,23H,9,11-13H2,1-2H3/t17-,19-,23+/m1/s1. The van der Waals surface area contributed by atoms with Gasteiger partial charge in [0.2, 0.25) is 11.8 Å². The summed E-state index contributed by atoms with van der Waals surface area (Å²) >= 11 is 0. The lowest BCUT2D eigenvalue weighted by Gasteiger charge is -2.29. The van der Waals surface area contributed by atoms with E-state index in [2.05, 4.69) is 0 Å². The zero-order valence-electron chi connectivity index (χ0n) is 17.0. The summed E-state index contributed by atoms with van der Waals surface area (Å²) in [6, 6.07) is 10.6. The maximum atomic E-state index is 13.9. The fourth-order valence-electron chi connectivity index (χ4n) is 4.80. The molecule has 3 atom stereocenters. The van der Waals surface area contributed by atoms with Gasteiger partial charge in [-0.05, 0) is 35.4 Å². The van der Waals surface area contributed by atoms with Crippen LogP contribution in [-0.2, 0) is 16.0 Å². The molecule has 7 heteroatoms. The van der Waals surface area contributed by atoms with Crippen LogP contribution in [0.1, 0.15) is 24.1 Å². The van der Waals surface area contributed by atoms with Crippen molar-refractivity contribution in [2.75, 3.05) is 26.7 Å². The average Bonchev–Trinajstić information content (AvgIpc) is 3.26. The van der Waals surface area contributed by atoms with Gasteiger partial charge >= 0.3 is 0 Å². The van der Waals surface area contributed by atoms with Crippen molar-refractivity contribution < 1.29 is 23.1 Å². The summed E-state index contributed by atoms with van der Waals surface area (Å²) in [7, 11) is 1.39. The number of likely N-dealkylation sites (tertiary alicyclic amines) is 2. The summed E-state index contributed by atoms with van der Waals surface area (Å²) in [5.41, 5.74) is 1.34. The van der Waals surface area contributed by atoms with Crippen molar-refractivity contribution in [3.8, 4) is 5.75 Å². The number of amides is 2. The molecular weight excluding hydrogens is 390 g/mol. The zero-order valence-corrected chi connectivity index (χ0v) is 17.0. The lowest BCUT2D eigenvalue weighted by Crippen LogP contribution is -2.37. The number of ether oxygens (including phenoxy) is 1. The van der Waals surface area contributed by atoms with E-state index >= 15 is 0 Å². The van der Waals surface area contributed by atoms with E-state index < -0.39 is 5.82 Å². The van der Waals surface area contributed by atoms with E-state index in [9.17, 15) is 18.4 Å². The van der Waals surface area contributed by atoms with Crippen molar-refractivity contribution in [1.82, 2.24) is 9.80 Å². The highest BCUT2D eigenvalue weighted by Crippen LogP contribution is 2.45. The number of benzene rings is 2. The molecule has 2 aromatic rings. The molecule has 0 spiro atoms. The van der Waals surface area contributed by atoms with Crippen molar-refractivity contribution in [2.45, 2.75) is 19.4 Å². The van der Waals surface area contributed by atoms with Gasteiger partial charge in [-0.1, -0.05) is 18.2 Å². The van der Waals surface area contributed by atoms with Gasteiger partial charge in [0.25, 0.3) is 0 Å². The smallest absolute Gasteiger partial charge is 0.227 e. The Morgan fingerprint density at radius 2 is 1.90 bits per heavy atom. The first-order valence-electron chi connectivity index (χ1n) is 10.00. The highest BCUT2D eigenvalue weighted by molar-refractivity contribution is 5.79. The molecule has 2 heterocycles. The number of fused-ring (bicyclic) bond motifs is 1. The van der Waals surface area contributed by atoms with Gasteiger partial charge in [0.05, 0.1) is 19.6 Å². The molecule has 2 aromatic carbocycles. The maximum Gasteiger partial charge on any atom is 0.227 e. The van der Waals surface area contributed by atoms with E-state index in [1.54, 1.807) is 21.9 Å². The predicted molar refractivity (Wildman–Crippen MR) is 107 cm³/mol. The van der Waals surface area contributed by atoms with E-state index in [1.807, 2.05) is 6.07 Å². The van der Waals surface area contributed by atoms with Crippen LogP contribution in [0.3, 0.4) is 0 Å². The molecule has 2 aliphatic rings. The minimum atomic E-state index is -0.496. The molecule has 4 rings (SSSR count). The Kier molecular flexibility index (Phi) is 5.45. The van der Waals surface area contributed by atoms with Gasteiger partial charge in [-0.3, -0.25) is 9.59 Å². The van der Waals surface area contributed by atoms with Crippen molar-refractivity contribution in [1.29, 1.82) is 0 Å². The van der Waals surface area contributed by atoms with E-state index in [-0.39, 0.29) is 47.7 Å². The van der Waals surface area contributed by atoms with Gasteiger partial charge < -0.3 is 14.5 Å². The Morgan fingerprint density at radius 3 is 2.57 bits per heavy atom. The van der Waals surface area contributed by atoms with Crippen LogP contribution in [-0.4, -0.2) is 48.4 Å². The lowest BCUT2D eigenvalue weighted by atomic mass is 9.89. The Labute approximate surface area is 174 Å². The maximum absolute atomic E-state index is 13.9. The van der Waals surface area contributed by atoms with E-state index in [0.717, 1.165) is 5.56 Å². The molecule has 2 saturated heterocycles. The minimum absolute atomic E-state index is 0.0484. The van der Waals surface area contributed by atoms with Gasteiger partial charge in [0, 0.05) is 38.4 Å². The first kappa shape index (κ1) is 20.3. The zero-order chi connectivity index (χ0) is 21.4. The van der Waals surface area contributed by atoms with E-state index in [1.165, 1.54) is 38.3 Å². The van der Waals surface area contributed by atoms with Crippen LogP contribution in [0, 0.1) is 23.5 Å². The monoisotopic (exact) mass is 414 g/mol.